The molecule has 12 rings (SSSR count). The van der Waals surface area contributed by atoms with Crippen molar-refractivity contribution in [3.8, 4) is 0 Å². The van der Waals surface area contributed by atoms with Crippen molar-refractivity contribution in [3.05, 3.63) is 23.3 Å². The van der Waals surface area contributed by atoms with Crippen LogP contribution in [-0.2, 0) is 18.9 Å². The van der Waals surface area contributed by atoms with Crippen LogP contribution in [0.3, 0.4) is 0 Å². The minimum atomic E-state index is -0.294. The van der Waals surface area contributed by atoms with Gasteiger partial charge in [0.25, 0.3) is 0 Å². The summed E-state index contributed by atoms with van der Waals surface area (Å²) in [6.45, 7) is 21.6. The fraction of sp³-hybridized carbons (Fsp3) is 0.926. The molecule has 0 bridgehead atoms. The predicted molar refractivity (Wildman–Crippen MR) is 235 cm³/mol. The first-order valence-corrected chi connectivity index (χ1v) is 25.9. The fourth-order valence-electron chi connectivity index (χ4n) is 19.3. The normalized spacial score (nSPS) is 59.8. The van der Waals surface area contributed by atoms with Crippen LogP contribution in [0.5, 0.6) is 0 Å². The molecule has 4 heterocycles. The quantitative estimate of drug-likeness (QED) is 0.237. The molecule has 10 fully saturated rings. The first-order valence-electron chi connectivity index (χ1n) is 25.9. The molecule has 12 aliphatic rings. The lowest BCUT2D eigenvalue weighted by Crippen LogP contribution is -2.52. The van der Waals surface area contributed by atoms with Crippen molar-refractivity contribution < 1.29 is 29.2 Å². The second-order valence-corrected chi connectivity index (χ2v) is 25.3. The molecule has 0 aromatic heterocycles. The van der Waals surface area contributed by atoms with Crippen molar-refractivity contribution in [2.75, 3.05) is 13.2 Å². The first-order chi connectivity index (χ1) is 28.5. The Balaban J connectivity index is 0.000000136. The van der Waals surface area contributed by atoms with Gasteiger partial charge in [-0.15, -0.1) is 0 Å². The summed E-state index contributed by atoms with van der Waals surface area (Å²) < 4.78 is 26.7. The largest absolute Gasteiger partial charge is 0.393 e. The van der Waals surface area contributed by atoms with E-state index in [1.807, 2.05) is 0 Å². The van der Waals surface area contributed by atoms with E-state index in [9.17, 15) is 10.2 Å². The minimum absolute atomic E-state index is 0.107. The average Bonchev–Trinajstić information content (AvgIpc) is 3.87. The van der Waals surface area contributed by atoms with Crippen molar-refractivity contribution in [1.29, 1.82) is 0 Å². The molecule has 4 aliphatic heterocycles. The molecule has 6 nitrogen and oxygen atoms in total. The summed E-state index contributed by atoms with van der Waals surface area (Å²) in [5.41, 5.74) is 4.62. The van der Waals surface area contributed by atoms with Gasteiger partial charge in [-0.2, -0.15) is 0 Å². The maximum absolute atomic E-state index is 10.3. The van der Waals surface area contributed by atoms with Crippen LogP contribution in [0.4, 0.5) is 0 Å². The van der Waals surface area contributed by atoms with Crippen LogP contribution in [-0.4, -0.2) is 59.4 Å². The van der Waals surface area contributed by atoms with Gasteiger partial charge < -0.3 is 29.2 Å². The van der Waals surface area contributed by atoms with E-state index in [4.69, 9.17) is 18.9 Å². The van der Waals surface area contributed by atoms with Crippen LogP contribution >= 0.6 is 0 Å². The molecule has 336 valence electrons. The summed E-state index contributed by atoms with van der Waals surface area (Å²) in [5, 5.41) is 20.5. The lowest BCUT2D eigenvalue weighted by molar-refractivity contribution is -0.272. The van der Waals surface area contributed by atoms with Gasteiger partial charge in [0.1, 0.15) is 0 Å². The standard InChI is InChI=1S/2C27H42O3/c2*1-16-7-12-27(29-15-16)17(2)24-23(30-27)14-22-20-6-5-18-13-19(28)8-10-25(18,3)21(20)9-11-26(22,24)4/h2*5,16-17,19-24,28H,6-15H2,1-4H3/t16-,17+,19+,20-,21+,22+,23+,24+,25+,26+,27-;16-,17-,19-,20+,21-,22-,23-,24-,25-,26-,27+/m10/s1. The monoisotopic (exact) mass is 829 g/mol. The first kappa shape index (κ1) is 41.9. The van der Waals surface area contributed by atoms with Gasteiger partial charge in [0.2, 0.25) is 0 Å². The van der Waals surface area contributed by atoms with E-state index in [2.05, 4.69) is 67.5 Å². The van der Waals surface area contributed by atoms with Gasteiger partial charge in [-0.3, -0.25) is 0 Å². The van der Waals surface area contributed by atoms with Crippen molar-refractivity contribution in [3.63, 3.8) is 0 Å². The second-order valence-electron chi connectivity index (χ2n) is 25.3. The number of aliphatic hydroxyl groups excluding tert-OH is 2. The van der Waals surface area contributed by atoms with Gasteiger partial charge in [0.05, 0.1) is 37.6 Å². The number of aliphatic hydroxyl groups is 2. The van der Waals surface area contributed by atoms with Crippen LogP contribution < -0.4 is 0 Å². The van der Waals surface area contributed by atoms with Crippen LogP contribution in [0.2, 0.25) is 0 Å². The molecule has 22 atom stereocenters. The molecule has 0 aromatic rings. The van der Waals surface area contributed by atoms with Gasteiger partial charge in [-0.05, 0) is 184 Å². The van der Waals surface area contributed by atoms with Gasteiger partial charge in [-0.1, -0.05) is 78.7 Å². The Morgan fingerprint density at radius 3 is 1.32 bits per heavy atom. The van der Waals surface area contributed by atoms with E-state index in [1.54, 1.807) is 11.1 Å². The van der Waals surface area contributed by atoms with Crippen LogP contribution in [0.15, 0.2) is 23.3 Å². The highest BCUT2D eigenvalue weighted by atomic mass is 16.7. The van der Waals surface area contributed by atoms with Crippen molar-refractivity contribution in [1.82, 2.24) is 0 Å². The zero-order valence-electron chi connectivity index (χ0n) is 39.1. The third kappa shape index (κ3) is 5.90. The van der Waals surface area contributed by atoms with Gasteiger partial charge in [-0.25, -0.2) is 0 Å². The molecule has 2 spiro atoms. The molecule has 2 N–H and O–H groups in total. The van der Waals surface area contributed by atoms with Crippen molar-refractivity contribution >= 4 is 0 Å². The van der Waals surface area contributed by atoms with E-state index in [0.29, 0.717) is 69.4 Å². The van der Waals surface area contributed by atoms with Gasteiger partial charge >= 0.3 is 0 Å². The number of ether oxygens (including phenoxy) is 4. The Morgan fingerprint density at radius 2 is 0.933 bits per heavy atom. The lowest BCUT2D eigenvalue weighted by Gasteiger charge is -2.58. The smallest absolute Gasteiger partial charge is 0.171 e. The molecule has 4 saturated heterocycles. The molecule has 0 unspecified atom stereocenters. The van der Waals surface area contributed by atoms with E-state index in [0.717, 1.165) is 87.2 Å². The zero-order chi connectivity index (χ0) is 41.8. The predicted octanol–water partition coefficient (Wildman–Crippen LogP) is 11.4. The van der Waals surface area contributed by atoms with Crippen LogP contribution in [0, 0.1) is 92.7 Å². The maximum atomic E-state index is 10.3. The Hall–Kier alpha value is -0.760. The summed E-state index contributed by atoms with van der Waals surface area (Å²) in [4.78, 5) is 0. The molecule has 60 heavy (non-hydrogen) atoms. The van der Waals surface area contributed by atoms with E-state index in [1.165, 1.54) is 77.0 Å². The minimum Gasteiger partial charge on any atom is -0.393 e. The summed E-state index contributed by atoms with van der Waals surface area (Å²) in [5.74, 6) is 7.87. The Kier molecular flexibility index (Phi) is 10.0. The second kappa shape index (κ2) is 14.4. The Bertz CT molecular complexity index is 1600. The molecular weight excluding hydrogens is 745 g/mol. The molecule has 0 aromatic carbocycles. The van der Waals surface area contributed by atoms with Crippen LogP contribution in [0.25, 0.3) is 0 Å². The zero-order valence-corrected chi connectivity index (χ0v) is 39.1. The number of fused-ring (bicyclic) bond motifs is 14. The summed E-state index contributed by atoms with van der Waals surface area (Å²) in [6, 6.07) is 0. The number of hydrogen-bond donors (Lipinski definition) is 2. The summed E-state index contributed by atoms with van der Waals surface area (Å²) in [7, 11) is 0. The fourth-order valence-corrected chi connectivity index (χ4v) is 19.3. The molecule has 0 amide bonds. The SMILES string of the molecule is C[C@@H]1CC[C@@]2(OC1)O[C@H]1C[C@H]3[C@@H]4CC=C5C[C@@H](O)CC[C@]5(C)[C@H]4CC[C@]3(C)[C@H]1[C@@H]2C.C[C@H]1CC[C@@]2(OC1)O[C@H]1C[C@H]3[C@@H]4CC=C5C[C@@H](O)CC[C@]5(C)[C@H]4CC[C@]3(C)[C@H]1[C@@H]2C. The molecule has 0 radical (unpaired) electrons. The van der Waals surface area contributed by atoms with E-state index in [-0.39, 0.29) is 23.8 Å². The van der Waals surface area contributed by atoms with Crippen LogP contribution in [0.1, 0.15) is 171 Å². The average molecular weight is 829 g/mol. The summed E-state index contributed by atoms with van der Waals surface area (Å²) in [6.07, 6.45) is 26.9. The maximum Gasteiger partial charge on any atom is 0.171 e. The van der Waals surface area contributed by atoms with Crippen molar-refractivity contribution in [2.24, 2.45) is 92.7 Å². The third-order valence-corrected chi connectivity index (χ3v) is 22.7. The van der Waals surface area contributed by atoms with E-state index < -0.39 is 0 Å². The van der Waals surface area contributed by atoms with Crippen molar-refractivity contribution in [2.45, 2.75) is 207 Å². The molecule has 6 saturated carbocycles. The molecule has 6 heteroatoms. The number of hydrogen-bond acceptors (Lipinski definition) is 6. The summed E-state index contributed by atoms with van der Waals surface area (Å²) >= 11 is 0. The number of rotatable bonds is 0. The Morgan fingerprint density at radius 1 is 0.517 bits per heavy atom. The number of allylic oxidation sites excluding steroid dienone is 2. The van der Waals surface area contributed by atoms with Gasteiger partial charge in [0, 0.05) is 24.7 Å². The lowest BCUT2D eigenvalue weighted by atomic mass is 9.47. The highest BCUT2D eigenvalue weighted by Crippen LogP contribution is 2.72. The van der Waals surface area contributed by atoms with E-state index >= 15 is 0 Å². The highest BCUT2D eigenvalue weighted by molar-refractivity contribution is 5.28. The topological polar surface area (TPSA) is 77.4 Å². The molecule has 8 aliphatic carbocycles. The highest BCUT2D eigenvalue weighted by Gasteiger charge is 2.70. The van der Waals surface area contributed by atoms with Gasteiger partial charge in [0.15, 0.2) is 11.6 Å². The molecular formula is C54H84O6. The Labute approximate surface area is 364 Å². The third-order valence-electron chi connectivity index (χ3n) is 22.7.